The fourth-order valence-corrected chi connectivity index (χ4v) is 3.37. The Bertz CT molecular complexity index is 359. The van der Waals surface area contributed by atoms with Crippen LogP contribution in [0.1, 0.15) is 45.4 Å². The second-order valence-electron chi connectivity index (χ2n) is 6.53. The largest absolute Gasteiger partial charge is 0.339 e. The lowest BCUT2D eigenvalue weighted by Gasteiger charge is -2.36. The van der Waals surface area contributed by atoms with Crippen LogP contribution >= 0.6 is 0 Å². The van der Waals surface area contributed by atoms with Crippen molar-refractivity contribution in [3.63, 3.8) is 0 Å². The molecule has 21 heavy (non-hydrogen) atoms. The lowest BCUT2D eigenvalue weighted by molar-refractivity contribution is -0.141. The van der Waals surface area contributed by atoms with Gasteiger partial charge in [-0.3, -0.25) is 9.59 Å². The average Bonchev–Trinajstić information content (AvgIpc) is 3.04. The van der Waals surface area contributed by atoms with Gasteiger partial charge in [-0.15, -0.1) is 0 Å². The predicted molar refractivity (Wildman–Crippen MR) is 82.6 cm³/mol. The molecule has 5 heteroatoms. The maximum absolute atomic E-state index is 12.2. The summed E-state index contributed by atoms with van der Waals surface area (Å²) >= 11 is 0. The van der Waals surface area contributed by atoms with Crippen molar-refractivity contribution >= 4 is 11.8 Å². The molecule has 0 radical (unpaired) electrons. The van der Waals surface area contributed by atoms with Crippen molar-refractivity contribution in [2.75, 3.05) is 32.7 Å². The molecule has 1 aliphatic carbocycles. The van der Waals surface area contributed by atoms with E-state index in [1.807, 2.05) is 16.7 Å². The van der Waals surface area contributed by atoms with E-state index in [2.05, 4.69) is 0 Å². The summed E-state index contributed by atoms with van der Waals surface area (Å²) in [5, 5.41) is 0. The molecular formula is C16H29N3O2. The summed E-state index contributed by atoms with van der Waals surface area (Å²) in [6, 6.07) is 0. The molecule has 2 aliphatic rings. The van der Waals surface area contributed by atoms with E-state index >= 15 is 0 Å². The molecule has 1 unspecified atom stereocenters. The van der Waals surface area contributed by atoms with E-state index in [9.17, 15) is 9.59 Å². The Kier molecular flexibility index (Phi) is 6.03. The molecule has 5 nitrogen and oxygen atoms in total. The molecule has 0 aromatic carbocycles. The third kappa shape index (κ3) is 4.43. The minimum absolute atomic E-state index is 0.116. The van der Waals surface area contributed by atoms with Gasteiger partial charge in [-0.2, -0.15) is 0 Å². The van der Waals surface area contributed by atoms with Crippen molar-refractivity contribution in [3.05, 3.63) is 0 Å². The van der Waals surface area contributed by atoms with Crippen LogP contribution in [0.15, 0.2) is 0 Å². The number of amides is 2. The first-order chi connectivity index (χ1) is 10.1. The second kappa shape index (κ2) is 7.78. The molecule has 2 rings (SSSR count). The van der Waals surface area contributed by atoms with Gasteiger partial charge in [0.15, 0.2) is 0 Å². The molecule has 1 saturated heterocycles. The lowest BCUT2D eigenvalue weighted by atomic mass is 10.0. The molecule has 2 N–H and O–H groups in total. The summed E-state index contributed by atoms with van der Waals surface area (Å²) < 4.78 is 0. The molecule has 120 valence electrons. The number of rotatable bonds is 5. The van der Waals surface area contributed by atoms with Gasteiger partial charge in [0, 0.05) is 45.1 Å². The number of carbonyl (C=O) groups is 2. The van der Waals surface area contributed by atoms with E-state index in [1.165, 1.54) is 25.7 Å². The number of carbonyl (C=O) groups excluding carboxylic acids is 2. The van der Waals surface area contributed by atoms with Gasteiger partial charge < -0.3 is 15.5 Å². The Hall–Kier alpha value is -1.10. The van der Waals surface area contributed by atoms with Gasteiger partial charge in [0.25, 0.3) is 0 Å². The molecule has 1 aliphatic heterocycles. The third-order valence-electron chi connectivity index (χ3n) is 4.96. The first kappa shape index (κ1) is 16.3. The van der Waals surface area contributed by atoms with Crippen LogP contribution in [0.3, 0.4) is 0 Å². The van der Waals surface area contributed by atoms with Crippen LogP contribution in [0, 0.1) is 11.8 Å². The lowest BCUT2D eigenvalue weighted by Crippen LogP contribution is -2.52. The first-order valence-electron chi connectivity index (χ1n) is 8.38. The number of nitrogens with two attached hydrogens (primary N) is 1. The summed E-state index contributed by atoms with van der Waals surface area (Å²) in [4.78, 5) is 28.0. The van der Waals surface area contributed by atoms with Crippen LogP contribution in [-0.4, -0.2) is 54.3 Å². The van der Waals surface area contributed by atoms with Gasteiger partial charge >= 0.3 is 0 Å². The van der Waals surface area contributed by atoms with E-state index in [1.54, 1.807) is 0 Å². The number of hydrogen-bond donors (Lipinski definition) is 1. The smallest absolute Gasteiger partial charge is 0.226 e. The molecule has 1 saturated carbocycles. The molecule has 0 spiro atoms. The summed E-state index contributed by atoms with van der Waals surface area (Å²) in [5.41, 5.74) is 5.54. The Balaban J connectivity index is 1.70. The number of piperazine rings is 1. The number of hydrogen-bond acceptors (Lipinski definition) is 3. The van der Waals surface area contributed by atoms with Gasteiger partial charge in [-0.25, -0.2) is 0 Å². The van der Waals surface area contributed by atoms with Gasteiger partial charge in [0.05, 0.1) is 0 Å². The standard InChI is InChI=1S/C16H29N3O2/c1-13(12-17)16(21)19-10-8-18(9-11-19)15(20)7-6-14-4-2-3-5-14/h13-14H,2-12,17H2,1H3. The quantitative estimate of drug-likeness (QED) is 0.829. The van der Waals surface area contributed by atoms with Crippen LogP contribution in [0.5, 0.6) is 0 Å². The number of nitrogens with zero attached hydrogens (tertiary/aromatic N) is 2. The molecule has 1 heterocycles. The SMILES string of the molecule is CC(CN)C(=O)N1CCN(C(=O)CCC2CCCC2)CC1. The topological polar surface area (TPSA) is 66.6 Å². The zero-order chi connectivity index (χ0) is 15.2. The van der Waals surface area contributed by atoms with Crippen molar-refractivity contribution in [2.45, 2.75) is 45.4 Å². The van der Waals surface area contributed by atoms with E-state index in [4.69, 9.17) is 5.73 Å². The van der Waals surface area contributed by atoms with Crippen LogP contribution in [0.4, 0.5) is 0 Å². The van der Waals surface area contributed by atoms with Gasteiger partial charge in [0.2, 0.25) is 11.8 Å². The minimum Gasteiger partial charge on any atom is -0.339 e. The zero-order valence-electron chi connectivity index (χ0n) is 13.2. The van der Waals surface area contributed by atoms with Gasteiger partial charge in [-0.05, 0) is 12.3 Å². The van der Waals surface area contributed by atoms with Crippen LogP contribution in [0.25, 0.3) is 0 Å². The van der Waals surface area contributed by atoms with Gasteiger partial charge in [0.1, 0.15) is 0 Å². The summed E-state index contributed by atoms with van der Waals surface area (Å²) in [7, 11) is 0. The molecule has 2 amide bonds. The molecule has 0 bridgehead atoms. The molecule has 1 atom stereocenters. The van der Waals surface area contributed by atoms with Crippen LogP contribution < -0.4 is 5.73 Å². The zero-order valence-corrected chi connectivity index (χ0v) is 13.2. The monoisotopic (exact) mass is 295 g/mol. The highest BCUT2D eigenvalue weighted by atomic mass is 16.2. The van der Waals surface area contributed by atoms with Crippen LogP contribution in [0.2, 0.25) is 0 Å². The Morgan fingerprint density at radius 2 is 1.67 bits per heavy atom. The maximum atomic E-state index is 12.2. The Morgan fingerprint density at radius 3 is 2.24 bits per heavy atom. The van der Waals surface area contributed by atoms with E-state index in [0.717, 1.165) is 12.3 Å². The normalized spacial score (nSPS) is 21.6. The maximum Gasteiger partial charge on any atom is 0.226 e. The van der Waals surface area contributed by atoms with Crippen molar-refractivity contribution in [1.29, 1.82) is 0 Å². The summed E-state index contributed by atoms with van der Waals surface area (Å²) in [5.74, 6) is 1.04. The van der Waals surface area contributed by atoms with Crippen LogP contribution in [-0.2, 0) is 9.59 Å². The summed E-state index contributed by atoms with van der Waals surface area (Å²) in [6.45, 7) is 4.90. The molecular weight excluding hydrogens is 266 g/mol. The van der Waals surface area contributed by atoms with Crippen molar-refractivity contribution in [1.82, 2.24) is 9.80 Å². The fourth-order valence-electron chi connectivity index (χ4n) is 3.37. The second-order valence-corrected chi connectivity index (χ2v) is 6.53. The minimum atomic E-state index is -0.116. The third-order valence-corrected chi connectivity index (χ3v) is 4.96. The average molecular weight is 295 g/mol. The fraction of sp³-hybridized carbons (Fsp3) is 0.875. The Labute approximate surface area is 127 Å². The molecule has 0 aromatic heterocycles. The molecule has 0 aromatic rings. The molecule has 2 fully saturated rings. The van der Waals surface area contributed by atoms with E-state index < -0.39 is 0 Å². The Morgan fingerprint density at radius 1 is 1.10 bits per heavy atom. The summed E-state index contributed by atoms with van der Waals surface area (Å²) in [6.07, 6.45) is 6.98. The highest BCUT2D eigenvalue weighted by Crippen LogP contribution is 2.28. The van der Waals surface area contributed by atoms with Gasteiger partial charge in [-0.1, -0.05) is 32.6 Å². The highest BCUT2D eigenvalue weighted by Gasteiger charge is 2.26. The van der Waals surface area contributed by atoms with E-state index in [0.29, 0.717) is 39.1 Å². The van der Waals surface area contributed by atoms with Crippen molar-refractivity contribution in [2.24, 2.45) is 17.6 Å². The first-order valence-corrected chi connectivity index (χ1v) is 8.38. The van der Waals surface area contributed by atoms with E-state index in [-0.39, 0.29) is 17.7 Å². The predicted octanol–water partition coefficient (Wildman–Crippen LogP) is 1.22. The van der Waals surface area contributed by atoms with Crippen molar-refractivity contribution < 1.29 is 9.59 Å². The van der Waals surface area contributed by atoms with Crippen molar-refractivity contribution in [3.8, 4) is 0 Å². The highest BCUT2D eigenvalue weighted by molar-refractivity contribution is 5.80.